The molecule has 0 atom stereocenters. The molecule has 6 heteroatoms. The Labute approximate surface area is 148 Å². The van der Waals surface area contributed by atoms with Crippen molar-refractivity contribution >= 4 is 34.5 Å². The Kier molecular flexibility index (Phi) is 5.11. The number of anilines is 2. The van der Waals surface area contributed by atoms with Crippen molar-refractivity contribution in [2.24, 2.45) is 0 Å². The van der Waals surface area contributed by atoms with Crippen LogP contribution in [0.5, 0.6) is 5.75 Å². The van der Waals surface area contributed by atoms with Gasteiger partial charge in [0.25, 0.3) is 5.91 Å². The third-order valence-electron chi connectivity index (χ3n) is 3.45. The Morgan fingerprint density at radius 1 is 0.920 bits per heavy atom. The molecule has 0 aliphatic carbocycles. The van der Waals surface area contributed by atoms with Crippen molar-refractivity contribution in [3.05, 3.63) is 76.5 Å². The SMILES string of the molecule is O=C(Cc1ccc(O)cc1)Nc1cccc(NC(=O)c2cccs2)c1. The number of hydrogen-bond donors (Lipinski definition) is 3. The molecule has 0 fully saturated rings. The molecule has 0 aliphatic rings. The summed E-state index contributed by atoms with van der Waals surface area (Å²) in [4.78, 5) is 24.8. The van der Waals surface area contributed by atoms with Crippen LogP contribution in [0.4, 0.5) is 11.4 Å². The first-order valence-corrected chi connectivity index (χ1v) is 8.51. The van der Waals surface area contributed by atoms with E-state index in [1.807, 2.05) is 11.4 Å². The van der Waals surface area contributed by atoms with Crippen LogP contribution in [0.1, 0.15) is 15.2 Å². The summed E-state index contributed by atoms with van der Waals surface area (Å²) in [6.45, 7) is 0. The molecule has 126 valence electrons. The molecule has 1 aromatic heterocycles. The number of carbonyl (C=O) groups is 2. The molecule has 0 saturated carbocycles. The van der Waals surface area contributed by atoms with E-state index in [-0.39, 0.29) is 24.0 Å². The number of hydrogen-bond acceptors (Lipinski definition) is 4. The zero-order valence-electron chi connectivity index (χ0n) is 13.2. The minimum absolute atomic E-state index is 0.165. The first-order chi connectivity index (χ1) is 12.1. The largest absolute Gasteiger partial charge is 0.508 e. The predicted octanol–water partition coefficient (Wildman–Crippen LogP) is 3.89. The molecular formula is C19H16N2O3S. The summed E-state index contributed by atoms with van der Waals surface area (Å²) in [6.07, 6.45) is 0.200. The Balaban J connectivity index is 1.62. The first-order valence-electron chi connectivity index (χ1n) is 7.63. The number of amides is 2. The molecule has 1 heterocycles. The summed E-state index contributed by atoms with van der Waals surface area (Å²) in [5.74, 6) is -0.187. The van der Waals surface area contributed by atoms with E-state index in [1.165, 1.54) is 11.3 Å². The third-order valence-corrected chi connectivity index (χ3v) is 4.32. The Bertz CT molecular complexity index is 874. The van der Waals surface area contributed by atoms with Crippen molar-refractivity contribution in [2.45, 2.75) is 6.42 Å². The van der Waals surface area contributed by atoms with Gasteiger partial charge in [-0.1, -0.05) is 24.3 Å². The molecule has 0 aliphatic heterocycles. The van der Waals surface area contributed by atoms with Gasteiger partial charge in [-0.2, -0.15) is 0 Å². The van der Waals surface area contributed by atoms with Gasteiger partial charge in [-0.25, -0.2) is 0 Å². The van der Waals surface area contributed by atoms with Gasteiger partial charge in [0.2, 0.25) is 5.91 Å². The quantitative estimate of drug-likeness (QED) is 0.652. The fourth-order valence-electron chi connectivity index (χ4n) is 2.28. The van der Waals surface area contributed by atoms with Crippen LogP contribution in [0.2, 0.25) is 0 Å². The molecule has 5 nitrogen and oxygen atoms in total. The number of nitrogens with one attached hydrogen (secondary N) is 2. The molecular weight excluding hydrogens is 336 g/mol. The highest BCUT2D eigenvalue weighted by molar-refractivity contribution is 7.12. The van der Waals surface area contributed by atoms with Gasteiger partial charge < -0.3 is 15.7 Å². The maximum atomic E-state index is 12.1. The van der Waals surface area contributed by atoms with E-state index in [1.54, 1.807) is 54.6 Å². The van der Waals surface area contributed by atoms with Crippen LogP contribution in [0.3, 0.4) is 0 Å². The first kappa shape index (κ1) is 16.7. The standard InChI is InChI=1S/C19H16N2O3S/c22-16-8-6-13(7-9-16)11-18(23)20-14-3-1-4-15(12-14)21-19(24)17-5-2-10-25-17/h1-10,12,22H,11H2,(H,20,23)(H,21,24). The van der Waals surface area contributed by atoms with Crippen molar-refractivity contribution in [1.29, 1.82) is 0 Å². The molecule has 0 saturated heterocycles. The second kappa shape index (κ2) is 7.63. The molecule has 0 bridgehead atoms. The molecule has 25 heavy (non-hydrogen) atoms. The Hall–Kier alpha value is -3.12. The van der Waals surface area contributed by atoms with E-state index in [4.69, 9.17) is 0 Å². The molecule has 3 N–H and O–H groups in total. The van der Waals surface area contributed by atoms with Crippen molar-refractivity contribution in [2.75, 3.05) is 10.6 Å². The molecule has 0 radical (unpaired) electrons. The van der Waals surface area contributed by atoms with Crippen LogP contribution in [-0.4, -0.2) is 16.9 Å². The van der Waals surface area contributed by atoms with Crippen molar-refractivity contribution < 1.29 is 14.7 Å². The lowest BCUT2D eigenvalue weighted by Gasteiger charge is -2.08. The van der Waals surface area contributed by atoms with Gasteiger partial charge in [-0.15, -0.1) is 11.3 Å². The highest BCUT2D eigenvalue weighted by atomic mass is 32.1. The van der Waals surface area contributed by atoms with Gasteiger partial charge in [-0.05, 0) is 47.3 Å². The van der Waals surface area contributed by atoms with Crippen LogP contribution in [0.25, 0.3) is 0 Å². The van der Waals surface area contributed by atoms with Crippen molar-refractivity contribution in [3.8, 4) is 5.75 Å². The Morgan fingerprint density at radius 3 is 2.32 bits per heavy atom. The number of aromatic hydroxyl groups is 1. The topological polar surface area (TPSA) is 78.4 Å². The van der Waals surface area contributed by atoms with E-state index in [0.29, 0.717) is 16.3 Å². The van der Waals surface area contributed by atoms with E-state index < -0.39 is 0 Å². The van der Waals surface area contributed by atoms with Gasteiger partial charge >= 0.3 is 0 Å². The number of phenolic OH excluding ortho intramolecular Hbond substituents is 1. The molecule has 3 rings (SSSR count). The molecule has 0 unspecified atom stereocenters. The summed E-state index contributed by atoms with van der Waals surface area (Å²) < 4.78 is 0. The fraction of sp³-hybridized carbons (Fsp3) is 0.0526. The number of benzene rings is 2. The van der Waals surface area contributed by atoms with Gasteiger partial charge in [0, 0.05) is 11.4 Å². The second-order valence-corrected chi connectivity index (χ2v) is 6.35. The molecule has 2 amide bonds. The lowest BCUT2D eigenvalue weighted by Crippen LogP contribution is -2.15. The molecule has 2 aromatic carbocycles. The van der Waals surface area contributed by atoms with Crippen LogP contribution in [0.15, 0.2) is 66.0 Å². The fourth-order valence-corrected chi connectivity index (χ4v) is 2.90. The average molecular weight is 352 g/mol. The average Bonchev–Trinajstić information content (AvgIpc) is 3.12. The van der Waals surface area contributed by atoms with E-state index in [2.05, 4.69) is 10.6 Å². The summed E-state index contributed by atoms with van der Waals surface area (Å²) in [7, 11) is 0. The zero-order valence-corrected chi connectivity index (χ0v) is 14.0. The number of rotatable bonds is 5. The second-order valence-electron chi connectivity index (χ2n) is 5.40. The van der Waals surface area contributed by atoms with Gasteiger partial charge in [0.1, 0.15) is 5.75 Å². The number of phenols is 1. The summed E-state index contributed by atoms with van der Waals surface area (Å²) >= 11 is 1.37. The van der Waals surface area contributed by atoms with E-state index >= 15 is 0 Å². The monoisotopic (exact) mass is 352 g/mol. The number of carbonyl (C=O) groups excluding carboxylic acids is 2. The lowest BCUT2D eigenvalue weighted by molar-refractivity contribution is -0.115. The van der Waals surface area contributed by atoms with E-state index in [0.717, 1.165) is 5.56 Å². The van der Waals surface area contributed by atoms with Crippen LogP contribution < -0.4 is 10.6 Å². The van der Waals surface area contributed by atoms with Crippen LogP contribution in [-0.2, 0) is 11.2 Å². The minimum atomic E-state index is -0.178. The normalized spacial score (nSPS) is 10.2. The smallest absolute Gasteiger partial charge is 0.265 e. The summed E-state index contributed by atoms with van der Waals surface area (Å²) in [5.41, 5.74) is 2.02. The summed E-state index contributed by atoms with van der Waals surface area (Å²) in [5, 5.41) is 16.7. The minimum Gasteiger partial charge on any atom is -0.508 e. The van der Waals surface area contributed by atoms with Crippen molar-refractivity contribution in [3.63, 3.8) is 0 Å². The summed E-state index contributed by atoms with van der Waals surface area (Å²) in [6, 6.07) is 17.1. The van der Waals surface area contributed by atoms with E-state index in [9.17, 15) is 14.7 Å². The Morgan fingerprint density at radius 2 is 1.64 bits per heavy atom. The van der Waals surface area contributed by atoms with Gasteiger partial charge in [-0.3, -0.25) is 9.59 Å². The maximum absolute atomic E-state index is 12.1. The lowest BCUT2D eigenvalue weighted by atomic mass is 10.1. The van der Waals surface area contributed by atoms with Crippen molar-refractivity contribution in [1.82, 2.24) is 0 Å². The third kappa shape index (κ3) is 4.68. The predicted molar refractivity (Wildman–Crippen MR) is 99.2 cm³/mol. The molecule has 0 spiro atoms. The van der Waals surface area contributed by atoms with Gasteiger partial charge in [0.05, 0.1) is 11.3 Å². The van der Waals surface area contributed by atoms with Crippen LogP contribution in [0, 0.1) is 0 Å². The molecule has 3 aromatic rings. The van der Waals surface area contributed by atoms with Crippen LogP contribution >= 0.6 is 11.3 Å². The van der Waals surface area contributed by atoms with Gasteiger partial charge in [0.15, 0.2) is 0 Å². The maximum Gasteiger partial charge on any atom is 0.265 e. The zero-order chi connectivity index (χ0) is 17.6. The highest BCUT2D eigenvalue weighted by Crippen LogP contribution is 2.18. The number of thiophene rings is 1. The highest BCUT2D eigenvalue weighted by Gasteiger charge is 2.08.